The van der Waals surface area contributed by atoms with Gasteiger partial charge in [-0.25, -0.2) is 0 Å². The molecule has 0 spiro atoms. The molecule has 2 N–H and O–H groups in total. The zero-order valence-electron chi connectivity index (χ0n) is 13.7. The molecule has 1 aromatic heterocycles. The van der Waals surface area contributed by atoms with E-state index in [1.165, 1.54) is 0 Å². The van der Waals surface area contributed by atoms with Crippen molar-refractivity contribution in [1.82, 2.24) is 20.1 Å². The van der Waals surface area contributed by atoms with Gasteiger partial charge < -0.3 is 20.1 Å². The molecule has 1 aromatic carbocycles. The standard InChI is InChI=1S/C16H22N6O2/c1-23-14-5-3-2-4-13(14)19-16-20-15(12-18-21-16)17-6-7-22-8-10-24-11-9-22/h2-5,12H,6-11H2,1H3,(H2,17,19,20,21). The van der Waals surface area contributed by atoms with Crippen LogP contribution in [0.2, 0.25) is 0 Å². The number of methoxy groups -OCH3 is 1. The molecule has 128 valence electrons. The SMILES string of the molecule is COc1ccccc1Nc1nncc(NCCN2CCOCC2)n1. The summed E-state index contributed by atoms with van der Waals surface area (Å²) < 4.78 is 10.7. The van der Waals surface area contributed by atoms with Crippen molar-refractivity contribution in [3.05, 3.63) is 30.5 Å². The van der Waals surface area contributed by atoms with Gasteiger partial charge in [0, 0.05) is 26.2 Å². The molecule has 1 fully saturated rings. The van der Waals surface area contributed by atoms with Crippen LogP contribution in [-0.2, 0) is 4.74 Å². The normalized spacial score (nSPS) is 15.0. The van der Waals surface area contributed by atoms with Gasteiger partial charge in [0.25, 0.3) is 0 Å². The van der Waals surface area contributed by atoms with Crippen LogP contribution in [0.25, 0.3) is 0 Å². The molecular weight excluding hydrogens is 308 g/mol. The van der Waals surface area contributed by atoms with Crippen molar-refractivity contribution < 1.29 is 9.47 Å². The first-order valence-corrected chi connectivity index (χ1v) is 7.99. The molecule has 2 aromatic rings. The fourth-order valence-corrected chi connectivity index (χ4v) is 2.48. The molecule has 0 saturated carbocycles. The molecule has 1 aliphatic rings. The number of rotatable bonds is 7. The van der Waals surface area contributed by atoms with E-state index in [1.54, 1.807) is 13.3 Å². The lowest BCUT2D eigenvalue weighted by molar-refractivity contribution is 0.0398. The van der Waals surface area contributed by atoms with Gasteiger partial charge in [-0.15, -0.1) is 5.10 Å². The van der Waals surface area contributed by atoms with Crippen LogP contribution in [0, 0.1) is 0 Å². The maximum atomic E-state index is 5.34. The number of nitrogens with zero attached hydrogens (tertiary/aromatic N) is 4. The summed E-state index contributed by atoms with van der Waals surface area (Å²) in [4.78, 5) is 6.79. The van der Waals surface area contributed by atoms with Gasteiger partial charge in [0.1, 0.15) is 5.75 Å². The summed E-state index contributed by atoms with van der Waals surface area (Å²) in [6.07, 6.45) is 1.62. The summed E-state index contributed by atoms with van der Waals surface area (Å²) in [5, 5.41) is 14.4. The van der Waals surface area contributed by atoms with E-state index in [0.29, 0.717) is 11.8 Å². The Morgan fingerprint density at radius 3 is 2.92 bits per heavy atom. The Morgan fingerprint density at radius 2 is 2.08 bits per heavy atom. The second kappa shape index (κ2) is 8.42. The summed E-state index contributed by atoms with van der Waals surface area (Å²) >= 11 is 0. The molecular formula is C16H22N6O2. The lowest BCUT2D eigenvalue weighted by Crippen LogP contribution is -2.39. The smallest absolute Gasteiger partial charge is 0.249 e. The average Bonchev–Trinajstić information content (AvgIpc) is 2.63. The van der Waals surface area contributed by atoms with Crippen LogP contribution in [0.5, 0.6) is 5.75 Å². The first-order chi connectivity index (χ1) is 11.8. The third-order valence-corrected chi connectivity index (χ3v) is 3.75. The summed E-state index contributed by atoms with van der Waals surface area (Å²) in [6, 6.07) is 7.61. The first kappa shape index (κ1) is 16.4. The number of anilines is 3. The van der Waals surface area contributed by atoms with E-state index in [-0.39, 0.29) is 0 Å². The van der Waals surface area contributed by atoms with Crippen LogP contribution in [0.3, 0.4) is 0 Å². The predicted molar refractivity (Wildman–Crippen MR) is 91.9 cm³/mol. The Labute approximate surface area is 141 Å². The minimum absolute atomic E-state index is 0.427. The second-order valence-corrected chi connectivity index (χ2v) is 5.37. The number of aromatic nitrogens is 3. The highest BCUT2D eigenvalue weighted by molar-refractivity contribution is 5.62. The van der Waals surface area contributed by atoms with E-state index in [2.05, 4.69) is 30.7 Å². The van der Waals surface area contributed by atoms with Crippen molar-refractivity contribution in [1.29, 1.82) is 0 Å². The Bertz CT molecular complexity index is 648. The number of hydrogen-bond donors (Lipinski definition) is 2. The molecule has 0 unspecified atom stereocenters. The zero-order chi connectivity index (χ0) is 16.6. The third kappa shape index (κ3) is 4.53. The highest BCUT2D eigenvalue weighted by atomic mass is 16.5. The minimum Gasteiger partial charge on any atom is -0.495 e. The monoisotopic (exact) mass is 330 g/mol. The maximum absolute atomic E-state index is 5.34. The van der Waals surface area contributed by atoms with Gasteiger partial charge in [0.2, 0.25) is 5.95 Å². The fraction of sp³-hybridized carbons (Fsp3) is 0.438. The summed E-state index contributed by atoms with van der Waals surface area (Å²) in [5.74, 6) is 1.85. The number of hydrogen-bond acceptors (Lipinski definition) is 8. The Kier molecular flexibility index (Phi) is 5.75. The molecule has 0 atom stereocenters. The maximum Gasteiger partial charge on any atom is 0.249 e. The molecule has 0 radical (unpaired) electrons. The van der Waals surface area contributed by atoms with E-state index in [0.717, 1.165) is 50.8 Å². The molecule has 24 heavy (non-hydrogen) atoms. The fourth-order valence-electron chi connectivity index (χ4n) is 2.48. The largest absolute Gasteiger partial charge is 0.495 e. The van der Waals surface area contributed by atoms with Crippen molar-refractivity contribution in [2.24, 2.45) is 0 Å². The third-order valence-electron chi connectivity index (χ3n) is 3.75. The first-order valence-electron chi connectivity index (χ1n) is 7.99. The molecule has 2 heterocycles. The van der Waals surface area contributed by atoms with E-state index >= 15 is 0 Å². The quantitative estimate of drug-likeness (QED) is 0.787. The minimum atomic E-state index is 0.427. The van der Waals surface area contributed by atoms with E-state index in [9.17, 15) is 0 Å². The van der Waals surface area contributed by atoms with Crippen molar-refractivity contribution in [2.45, 2.75) is 0 Å². The van der Waals surface area contributed by atoms with Crippen LogP contribution in [0.4, 0.5) is 17.5 Å². The molecule has 3 rings (SSSR count). The highest BCUT2D eigenvalue weighted by Crippen LogP contribution is 2.25. The van der Waals surface area contributed by atoms with Gasteiger partial charge >= 0.3 is 0 Å². The Balaban J connectivity index is 1.55. The topological polar surface area (TPSA) is 84.4 Å². The van der Waals surface area contributed by atoms with Crippen LogP contribution in [-0.4, -0.2) is 66.6 Å². The predicted octanol–water partition coefficient (Wildman–Crippen LogP) is 1.37. The molecule has 0 aliphatic carbocycles. The second-order valence-electron chi connectivity index (χ2n) is 5.37. The van der Waals surface area contributed by atoms with E-state index in [1.807, 2.05) is 24.3 Å². The number of benzene rings is 1. The number of ether oxygens (including phenoxy) is 2. The van der Waals surface area contributed by atoms with Crippen molar-refractivity contribution in [3.8, 4) is 5.75 Å². The summed E-state index contributed by atoms with van der Waals surface area (Å²) in [5.41, 5.74) is 0.798. The van der Waals surface area contributed by atoms with Crippen LogP contribution >= 0.6 is 0 Å². The van der Waals surface area contributed by atoms with Crippen molar-refractivity contribution in [2.75, 3.05) is 57.1 Å². The van der Waals surface area contributed by atoms with Gasteiger partial charge in [-0.2, -0.15) is 10.1 Å². The van der Waals surface area contributed by atoms with Gasteiger partial charge in [-0.3, -0.25) is 4.90 Å². The summed E-state index contributed by atoms with van der Waals surface area (Å²) in [6.45, 7) is 5.31. The van der Waals surface area contributed by atoms with Gasteiger partial charge in [-0.1, -0.05) is 12.1 Å². The van der Waals surface area contributed by atoms with Gasteiger partial charge in [-0.05, 0) is 12.1 Å². The van der Waals surface area contributed by atoms with Crippen LogP contribution in [0.1, 0.15) is 0 Å². The van der Waals surface area contributed by atoms with Gasteiger partial charge in [0.15, 0.2) is 5.82 Å². The van der Waals surface area contributed by atoms with Crippen molar-refractivity contribution >= 4 is 17.5 Å². The highest BCUT2D eigenvalue weighted by Gasteiger charge is 2.10. The number of para-hydroxylation sites is 2. The molecule has 1 aliphatic heterocycles. The molecule has 0 bridgehead atoms. The molecule has 8 nitrogen and oxygen atoms in total. The van der Waals surface area contributed by atoms with E-state index < -0.39 is 0 Å². The Hall–Kier alpha value is -2.45. The Morgan fingerprint density at radius 1 is 1.25 bits per heavy atom. The average molecular weight is 330 g/mol. The van der Waals surface area contributed by atoms with E-state index in [4.69, 9.17) is 9.47 Å². The van der Waals surface area contributed by atoms with Gasteiger partial charge in [0.05, 0.1) is 32.2 Å². The van der Waals surface area contributed by atoms with Crippen LogP contribution < -0.4 is 15.4 Å². The zero-order valence-corrected chi connectivity index (χ0v) is 13.7. The molecule has 0 amide bonds. The number of nitrogens with one attached hydrogen (secondary N) is 2. The lowest BCUT2D eigenvalue weighted by atomic mass is 10.3. The van der Waals surface area contributed by atoms with Crippen molar-refractivity contribution in [3.63, 3.8) is 0 Å². The molecule has 1 saturated heterocycles. The summed E-state index contributed by atoms with van der Waals surface area (Å²) in [7, 11) is 1.63. The molecule has 8 heteroatoms. The lowest BCUT2D eigenvalue weighted by Gasteiger charge is -2.26. The number of morpholine rings is 1. The van der Waals surface area contributed by atoms with Crippen LogP contribution in [0.15, 0.2) is 30.5 Å².